The molecule has 16 nitrogen and oxygen atoms in total. The summed E-state index contributed by atoms with van der Waals surface area (Å²) in [4.78, 5) is 84.1. The molecular formula is C31H35N5O11S4. The lowest BCUT2D eigenvalue weighted by Crippen LogP contribution is -2.81. The van der Waals surface area contributed by atoms with Crippen LogP contribution < -0.4 is 16.4 Å². The van der Waals surface area contributed by atoms with Crippen molar-refractivity contribution in [2.75, 3.05) is 46.0 Å². The van der Waals surface area contributed by atoms with Gasteiger partial charge in [0.1, 0.15) is 28.7 Å². The first-order chi connectivity index (χ1) is 24.5. The minimum Gasteiger partial charge on any atom is -0.464 e. The van der Waals surface area contributed by atoms with E-state index in [2.05, 4.69) is 10.6 Å². The van der Waals surface area contributed by atoms with E-state index in [9.17, 15) is 29.1 Å². The molecule has 5 rings (SSSR count). The van der Waals surface area contributed by atoms with Gasteiger partial charge in [-0.3, -0.25) is 29.0 Å². The molecule has 51 heavy (non-hydrogen) atoms. The molecule has 0 saturated carbocycles. The standard InChI is InChI=1S/C31H35N5O11S4/c1-44-24(33-20(38)10-18-6-4-8-48-18)26-35(23(27(41)45-2)16(12-37)14-50-26)25(40)22-17(13-47-30(32)43)15-51-29-31(46-3,28(42)36(22)29)34-21(39)11-19-7-5-9-49-19/h4-9,24,26,29,37H,10-15H2,1-3H3,(H2,32,43)(H,33,38)(H,34,39). The lowest BCUT2D eigenvalue weighted by Gasteiger charge is -2.56. The molecule has 0 aliphatic carbocycles. The van der Waals surface area contributed by atoms with Gasteiger partial charge in [-0.2, -0.15) is 0 Å². The molecule has 5 amide bonds. The Morgan fingerprint density at radius 3 is 2.18 bits per heavy atom. The molecule has 0 bridgehead atoms. The number of esters is 1. The van der Waals surface area contributed by atoms with Crippen LogP contribution in [0.4, 0.5) is 4.79 Å². The Hall–Kier alpha value is -3.92. The highest BCUT2D eigenvalue weighted by Gasteiger charge is 2.67. The van der Waals surface area contributed by atoms with Gasteiger partial charge in [-0.25, -0.2) is 9.59 Å². The molecule has 20 heteroatoms. The molecule has 3 aliphatic rings. The number of methoxy groups -OCH3 is 3. The molecule has 2 aromatic rings. The van der Waals surface area contributed by atoms with Gasteiger partial charge >= 0.3 is 12.1 Å². The third-order valence-electron chi connectivity index (χ3n) is 8.04. The molecule has 274 valence electrons. The average Bonchev–Trinajstić information content (AvgIpc) is 3.84. The van der Waals surface area contributed by atoms with Crippen molar-refractivity contribution in [3.63, 3.8) is 0 Å². The van der Waals surface area contributed by atoms with Crippen molar-refractivity contribution in [3.05, 3.63) is 67.3 Å². The number of nitrogens with two attached hydrogens (primary N) is 1. The second-order valence-corrected chi connectivity index (χ2v) is 15.3. The number of ether oxygens (including phenoxy) is 4. The summed E-state index contributed by atoms with van der Waals surface area (Å²) in [6.45, 7) is -1.12. The second kappa shape index (κ2) is 16.6. The number of aliphatic hydroxyl groups excluding tert-OH is 1. The topological polar surface area (TPSA) is 216 Å². The van der Waals surface area contributed by atoms with Crippen LogP contribution in [0.25, 0.3) is 0 Å². The SMILES string of the molecule is COC(=O)C1=C(CO)CSC(C(NC(=O)Cc2cccs2)OC)N1C(=O)C1=C(COC(N)=O)CSC2N1C(=O)C2(NC(=O)Cc1cccs1)OC. The van der Waals surface area contributed by atoms with Gasteiger partial charge in [0.05, 0.1) is 26.6 Å². The van der Waals surface area contributed by atoms with Crippen molar-refractivity contribution in [2.24, 2.45) is 5.73 Å². The van der Waals surface area contributed by atoms with Crippen molar-refractivity contribution in [1.82, 2.24) is 20.4 Å². The Morgan fingerprint density at radius 2 is 1.63 bits per heavy atom. The summed E-state index contributed by atoms with van der Waals surface area (Å²) >= 11 is 4.98. The van der Waals surface area contributed by atoms with Crippen LogP contribution in [0.15, 0.2) is 57.6 Å². The number of rotatable bonds is 14. The molecule has 5 N–H and O–H groups in total. The largest absolute Gasteiger partial charge is 0.464 e. The number of carbonyl (C=O) groups excluding carboxylic acids is 6. The molecule has 5 heterocycles. The van der Waals surface area contributed by atoms with Crippen molar-refractivity contribution < 1.29 is 52.8 Å². The minimum atomic E-state index is -1.86. The zero-order valence-corrected chi connectivity index (χ0v) is 30.8. The number of carbonyl (C=O) groups is 6. The fraction of sp³-hybridized carbons (Fsp3) is 0.419. The molecule has 4 atom stereocenters. The van der Waals surface area contributed by atoms with E-state index < -0.39 is 71.6 Å². The van der Waals surface area contributed by atoms with E-state index in [0.29, 0.717) is 0 Å². The summed E-state index contributed by atoms with van der Waals surface area (Å²) in [6, 6.07) is 7.16. The van der Waals surface area contributed by atoms with Crippen molar-refractivity contribution in [1.29, 1.82) is 0 Å². The highest BCUT2D eigenvalue weighted by atomic mass is 32.2. The van der Waals surface area contributed by atoms with Crippen LogP contribution in [0, 0.1) is 0 Å². The van der Waals surface area contributed by atoms with Gasteiger partial charge < -0.3 is 40.4 Å². The van der Waals surface area contributed by atoms with Gasteiger partial charge in [0.2, 0.25) is 11.8 Å². The van der Waals surface area contributed by atoms with Gasteiger partial charge in [-0.15, -0.1) is 46.2 Å². The van der Waals surface area contributed by atoms with E-state index in [-0.39, 0.29) is 46.9 Å². The Labute approximate surface area is 308 Å². The number of β-lactam (4-membered cyclic amide) rings is 1. The number of thioether (sulfide) groups is 2. The summed E-state index contributed by atoms with van der Waals surface area (Å²) in [6.07, 6.45) is -2.34. The summed E-state index contributed by atoms with van der Waals surface area (Å²) in [7, 11) is 3.67. The fourth-order valence-corrected chi connectivity index (χ4v) is 9.83. The van der Waals surface area contributed by atoms with Crippen LogP contribution in [0.1, 0.15) is 9.75 Å². The maximum absolute atomic E-state index is 15.0. The van der Waals surface area contributed by atoms with Crippen LogP contribution >= 0.6 is 46.2 Å². The van der Waals surface area contributed by atoms with E-state index in [4.69, 9.17) is 24.7 Å². The normalized spacial score (nSPS) is 22.2. The zero-order chi connectivity index (χ0) is 36.9. The highest BCUT2D eigenvalue weighted by Crippen LogP contribution is 2.48. The van der Waals surface area contributed by atoms with E-state index in [1.807, 2.05) is 10.8 Å². The Morgan fingerprint density at radius 1 is 0.980 bits per heavy atom. The Bertz CT molecular complexity index is 1730. The van der Waals surface area contributed by atoms with Crippen molar-refractivity contribution >= 4 is 81.9 Å². The lowest BCUT2D eigenvalue weighted by atomic mass is 9.97. The van der Waals surface area contributed by atoms with Gasteiger partial charge in [0, 0.05) is 41.1 Å². The van der Waals surface area contributed by atoms with Crippen LogP contribution in [0.2, 0.25) is 0 Å². The van der Waals surface area contributed by atoms with Crippen LogP contribution in [0.5, 0.6) is 0 Å². The number of primary amides is 1. The summed E-state index contributed by atoms with van der Waals surface area (Å²) < 4.78 is 21.4. The van der Waals surface area contributed by atoms with Crippen LogP contribution in [-0.2, 0) is 55.8 Å². The molecule has 2 aromatic heterocycles. The first kappa shape index (κ1) is 38.3. The summed E-state index contributed by atoms with van der Waals surface area (Å²) in [5, 5.41) is 17.3. The van der Waals surface area contributed by atoms with Gasteiger partial charge in [-0.05, 0) is 28.5 Å². The number of thiophene rings is 2. The number of nitrogens with zero attached hydrogens (tertiary/aromatic N) is 2. The maximum Gasteiger partial charge on any atom is 0.404 e. The quantitative estimate of drug-likeness (QED) is 0.118. The van der Waals surface area contributed by atoms with Crippen LogP contribution in [-0.4, -0.2) is 119 Å². The molecule has 0 aromatic carbocycles. The van der Waals surface area contributed by atoms with E-state index >= 15 is 4.79 Å². The van der Waals surface area contributed by atoms with Crippen LogP contribution in [0.3, 0.4) is 0 Å². The number of aliphatic hydroxyl groups is 1. The molecular weight excluding hydrogens is 747 g/mol. The van der Waals surface area contributed by atoms with E-state index in [0.717, 1.165) is 50.2 Å². The molecule has 1 saturated heterocycles. The second-order valence-electron chi connectivity index (χ2n) is 11.1. The average molecular weight is 782 g/mol. The predicted molar refractivity (Wildman–Crippen MR) is 188 cm³/mol. The van der Waals surface area contributed by atoms with Crippen molar-refractivity contribution in [2.45, 2.75) is 35.5 Å². The number of hydrogen-bond acceptors (Lipinski definition) is 15. The predicted octanol–water partition coefficient (Wildman–Crippen LogP) is 0.728. The first-order valence-corrected chi connectivity index (χ1v) is 19.0. The molecule has 1 fully saturated rings. The number of fused-ring (bicyclic) bond motifs is 1. The summed E-state index contributed by atoms with van der Waals surface area (Å²) in [5.41, 5.74) is 3.08. The third-order valence-corrected chi connectivity index (χ3v) is 12.5. The highest BCUT2D eigenvalue weighted by molar-refractivity contribution is 8.00. The summed E-state index contributed by atoms with van der Waals surface area (Å²) in [5.74, 6) is -3.58. The van der Waals surface area contributed by atoms with Gasteiger partial charge in [-0.1, -0.05) is 12.1 Å². The smallest absolute Gasteiger partial charge is 0.404 e. The lowest BCUT2D eigenvalue weighted by molar-refractivity contribution is -0.192. The first-order valence-electron chi connectivity index (χ1n) is 15.2. The fourth-order valence-electron chi connectivity index (χ4n) is 5.70. The Kier molecular flexibility index (Phi) is 12.5. The monoisotopic (exact) mass is 781 g/mol. The van der Waals surface area contributed by atoms with Crippen molar-refractivity contribution in [3.8, 4) is 0 Å². The number of hydrogen-bond donors (Lipinski definition) is 4. The molecule has 3 aliphatic heterocycles. The number of amides is 5. The molecule has 0 radical (unpaired) electrons. The minimum absolute atomic E-state index is 0.00966. The Balaban J connectivity index is 1.54. The zero-order valence-electron chi connectivity index (χ0n) is 27.6. The van der Waals surface area contributed by atoms with E-state index in [1.54, 1.807) is 24.3 Å². The van der Waals surface area contributed by atoms with E-state index in [1.165, 1.54) is 36.9 Å². The third kappa shape index (κ3) is 7.81. The van der Waals surface area contributed by atoms with Gasteiger partial charge in [0.15, 0.2) is 6.23 Å². The number of nitrogens with one attached hydrogen (secondary N) is 2. The maximum atomic E-state index is 15.0. The van der Waals surface area contributed by atoms with Gasteiger partial charge in [0.25, 0.3) is 17.5 Å². The molecule has 0 spiro atoms. The molecule has 4 unspecified atom stereocenters.